The van der Waals surface area contributed by atoms with Gasteiger partial charge in [-0.1, -0.05) is 30.4 Å². The third-order valence-corrected chi connectivity index (χ3v) is 7.18. The minimum absolute atomic E-state index is 0.0874. The normalized spacial score (nSPS) is 15.3. The molecule has 3 aromatic carbocycles. The van der Waals surface area contributed by atoms with Gasteiger partial charge in [0, 0.05) is 11.9 Å². The van der Waals surface area contributed by atoms with Crippen LogP contribution in [0.2, 0.25) is 0 Å². The lowest BCUT2D eigenvalue weighted by molar-refractivity contribution is -0.137. The van der Waals surface area contributed by atoms with Crippen LogP contribution in [-0.4, -0.2) is 32.6 Å². The number of H-pyrrole nitrogens is 2. The van der Waals surface area contributed by atoms with E-state index in [1.54, 1.807) is 11.0 Å². The van der Waals surface area contributed by atoms with Crippen molar-refractivity contribution in [1.82, 2.24) is 20.2 Å². The number of aromatic amines is 2. The molecule has 192 valence electrons. The minimum Gasteiger partial charge on any atom is -0.337 e. The summed E-state index contributed by atoms with van der Waals surface area (Å²) in [5, 5.41) is 8.43. The van der Waals surface area contributed by atoms with Crippen molar-refractivity contribution in [3.63, 3.8) is 0 Å². The first-order valence-electron chi connectivity index (χ1n) is 12.3. The van der Waals surface area contributed by atoms with Crippen LogP contribution in [0.15, 0.2) is 54.6 Å². The highest BCUT2D eigenvalue weighted by Gasteiger charge is 2.43. The molecule has 6 nitrogen and oxygen atoms in total. The van der Waals surface area contributed by atoms with Crippen molar-refractivity contribution in [1.29, 1.82) is 0 Å². The van der Waals surface area contributed by atoms with Gasteiger partial charge in [-0.15, -0.1) is 0 Å². The average molecular weight is 516 g/mol. The Hall–Kier alpha value is -4.40. The van der Waals surface area contributed by atoms with Crippen molar-refractivity contribution in [2.45, 2.75) is 32.4 Å². The number of imidazole rings is 1. The quantitative estimate of drug-likeness (QED) is 0.255. The van der Waals surface area contributed by atoms with Crippen LogP contribution in [0.3, 0.4) is 0 Å². The van der Waals surface area contributed by atoms with Crippen LogP contribution in [0.1, 0.15) is 43.0 Å². The van der Waals surface area contributed by atoms with Gasteiger partial charge < -0.3 is 9.88 Å². The number of halogens is 3. The fourth-order valence-corrected chi connectivity index (χ4v) is 5.05. The Morgan fingerprint density at radius 2 is 1.68 bits per heavy atom. The topological polar surface area (TPSA) is 77.7 Å². The lowest BCUT2D eigenvalue weighted by Gasteiger charge is -2.18. The van der Waals surface area contributed by atoms with Crippen molar-refractivity contribution >= 4 is 45.7 Å². The van der Waals surface area contributed by atoms with Gasteiger partial charge >= 0.3 is 6.18 Å². The summed E-state index contributed by atoms with van der Waals surface area (Å²) in [7, 11) is 0. The summed E-state index contributed by atoms with van der Waals surface area (Å²) in [4.78, 5) is 22.8. The lowest BCUT2D eigenvalue weighted by Crippen LogP contribution is -2.35. The molecule has 1 amide bonds. The molecule has 0 atom stereocenters. The first-order valence-corrected chi connectivity index (χ1v) is 12.3. The molecule has 0 fully saturated rings. The first kappa shape index (κ1) is 24.0. The molecule has 0 bridgehead atoms. The fourth-order valence-electron chi connectivity index (χ4n) is 5.05. The number of alkyl halides is 3. The van der Waals surface area contributed by atoms with E-state index in [2.05, 4.69) is 15.2 Å². The number of likely N-dealkylation sites (N-methyl/N-ethyl adjacent to an activating group) is 1. The highest BCUT2D eigenvalue weighted by Crippen LogP contribution is 2.43. The molecule has 2 N–H and O–H groups in total. The average Bonchev–Trinajstić information content (AvgIpc) is 3.54. The summed E-state index contributed by atoms with van der Waals surface area (Å²) in [5.74, 6) is 0.708. The Morgan fingerprint density at radius 3 is 2.39 bits per heavy atom. The van der Waals surface area contributed by atoms with Gasteiger partial charge in [0.05, 0.1) is 33.2 Å². The number of fused-ring (bicyclic) bond motifs is 3. The van der Waals surface area contributed by atoms with Crippen molar-refractivity contribution in [2.75, 3.05) is 11.4 Å². The number of benzene rings is 3. The zero-order chi connectivity index (χ0) is 26.8. The molecular formula is C29H24F3N5O. The van der Waals surface area contributed by atoms with E-state index in [4.69, 9.17) is 4.98 Å². The predicted molar refractivity (Wildman–Crippen MR) is 143 cm³/mol. The third kappa shape index (κ3) is 3.77. The minimum atomic E-state index is -4.35. The molecular weight excluding hydrogens is 491 g/mol. The van der Waals surface area contributed by atoms with Crippen molar-refractivity contribution in [3.05, 3.63) is 76.9 Å². The summed E-state index contributed by atoms with van der Waals surface area (Å²) in [6.45, 7) is 6.44. The van der Waals surface area contributed by atoms with Crippen molar-refractivity contribution in [2.24, 2.45) is 0 Å². The van der Waals surface area contributed by atoms with E-state index in [1.807, 2.05) is 57.2 Å². The Kier molecular flexibility index (Phi) is 5.24. The maximum Gasteiger partial charge on any atom is 0.416 e. The Balaban J connectivity index is 1.31. The van der Waals surface area contributed by atoms with Crippen LogP contribution < -0.4 is 4.90 Å². The summed E-state index contributed by atoms with van der Waals surface area (Å²) in [6, 6.07) is 14.8. The summed E-state index contributed by atoms with van der Waals surface area (Å²) in [5.41, 5.74) is 5.22. The molecule has 0 saturated heterocycles. The molecule has 38 heavy (non-hydrogen) atoms. The summed E-state index contributed by atoms with van der Waals surface area (Å²) < 4.78 is 38.4. The van der Waals surface area contributed by atoms with E-state index >= 15 is 0 Å². The van der Waals surface area contributed by atoms with Gasteiger partial charge in [-0.25, -0.2) is 4.98 Å². The molecule has 0 spiro atoms. The van der Waals surface area contributed by atoms with Gasteiger partial charge in [0.1, 0.15) is 5.69 Å². The van der Waals surface area contributed by atoms with Gasteiger partial charge in [0.2, 0.25) is 5.91 Å². The number of hydrogen-bond acceptors (Lipinski definition) is 3. The number of nitrogens with one attached hydrogen (secondary N) is 2. The molecule has 1 aliphatic rings. The van der Waals surface area contributed by atoms with E-state index in [-0.39, 0.29) is 5.91 Å². The van der Waals surface area contributed by atoms with Crippen LogP contribution in [0.4, 0.5) is 18.9 Å². The molecule has 0 radical (unpaired) electrons. The molecule has 0 saturated carbocycles. The molecule has 5 aromatic rings. The largest absolute Gasteiger partial charge is 0.416 e. The summed E-state index contributed by atoms with van der Waals surface area (Å²) in [6.07, 6.45) is -0.742. The van der Waals surface area contributed by atoms with E-state index in [0.29, 0.717) is 23.6 Å². The number of nitrogens with zero attached hydrogens (tertiary/aromatic N) is 3. The Morgan fingerprint density at radius 1 is 0.974 bits per heavy atom. The van der Waals surface area contributed by atoms with Crippen LogP contribution in [0, 0.1) is 0 Å². The smallest absolute Gasteiger partial charge is 0.337 e. The van der Waals surface area contributed by atoms with Crippen LogP contribution in [-0.2, 0) is 16.4 Å². The Labute approximate surface area is 216 Å². The number of anilines is 1. The molecule has 2 aromatic heterocycles. The van der Waals surface area contributed by atoms with Gasteiger partial charge in [-0.2, -0.15) is 18.3 Å². The lowest BCUT2D eigenvalue weighted by atomic mass is 9.86. The van der Waals surface area contributed by atoms with Crippen molar-refractivity contribution in [3.8, 4) is 11.5 Å². The number of aromatic nitrogens is 4. The molecule has 3 heterocycles. The fraction of sp³-hybridized carbons (Fsp3) is 0.207. The van der Waals surface area contributed by atoms with E-state index in [1.165, 1.54) is 12.1 Å². The SMILES string of the molecule is CCN1C(=O)C(C)(C)c2cc3nc(-c4n[nH]c5cc(/C=C/c6ccc(C(F)(F)F)cc6)ccc45)[nH]c3cc21. The monoisotopic (exact) mass is 515 g/mol. The first-order chi connectivity index (χ1) is 18.1. The maximum absolute atomic E-state index is 12.9. The highest BCUT2D eigenvalue weighted by atomic mass is 19.4. The number of amides is 1. The predicted octanol–water partition coefficient (Wildman–Crippen LogP) is 6.94. The maximum atomic E-state index is 12.9. The number of carbonyl (C=O) groups is 1. The van der Waals surface area contributed by atoms with Crippen molar-refractivity contribution < 1.29 is 18.0 Å². The third-order valence-electron chi connectivity index (χ3n) is 7.18. The highest BCUT2D eigenvalue weighted by molar-refractivity contribution is 6.09. The molecule has 6 rings (SSSR count). The molecule has 9 heteroatoms. The number of rotatable bonds is 4. The zero-order valence-electron chi connectivity index (χ0n) is 20.9. The van der Waals surface area contributed by atoms with Gasteiger partial charge in [0.25, 0.3) is 0 Å². The van der Waals surface area contributed by atoms with Crippen LogP contribution in [0.5, 0.6) is 0 Å². The van der Waals surface area contributed by atoms with Gasteiger partial charge in [0.15, 0.2) is 5.82 Å². The molecule has 1 aliphatic heterocycles. The number of hydrogen-bond donors (Lipinski definition) is 2. The standard InChI is InChI=1S/C29H24F3N5O/c1-4-37-24-15-23-22(14-20(24)28(2,3)27(37)38)33-26(34-23)25-19-12-9-17(13-21(19)35-36-25)6-5-16-7-10-18(11-8-16)29(30,31)32/h5-15H,4H2,1-3H3,(H,33,34)(H,35,36)/b6-5+. The van der Waals surface area contributed by atoms with Gasteiger partial charge in [-0.05, 0) is 73.9 Å². The zero-order valence-corrected chi connectivity index (χ0v) is 20.9. The van der Waals surface area contributed by atoms with E-state index in [0.717, 1.165) is 50.9 Å². The second kappa shape index (κ2) is 8.31. The molecule has 0 unspecified atom stereocenters. The second-order valence-electron chi connectivity index (χ2n) is 9.98. The Bertz CT molecular complexity index is 1740. The second-order valence-corrected chi connectivity index (χ2v) is 9.98. The van der Waals surface area contributed by atoms with Gasteiger partial charge in [-0.3, -0.25) is 9.89 Å². The van der Waals surface area contributed by atoms with Crippen LogP contribution >= 0.6 is 0 Å². The van der Waals surface area contributed by atoms with E-state index in [9.17, 15) is 18.0 Å². The molecule has 0 aliphatic carbocycles. The van der Waals surface area contributed by atoms with E-state index < -0.39 is 17.2 Å². The summed E-state index contributed by atoms with van der Waals surface area (Å²) >= 11 is 0. The van der Waals surface area contributed by atoms with Crippen LogP contribution in [0.25, 0.3) is 45.6 Å². The number of carbonyl (C=O) groups excluding carboxylic acids is 1.